The van der Waals surface area contributed by atoms with Crippen molar-refractivity contribution in [3.8, 4) is 11.3 Å². The van der Waals surface area contributed by atoms with E-state index >= 15 is 0 Å². The summed E-state index contributed by atoms with van der Waals surface area (Å²) in [5.74, 6) is -0.176. The van der Waals surface area contributed by atoms with Crippen LogP contribution in [-0.4, -0.2) is 17.4 Å². The molecular formula is C23H20ClN3OS. The highest BCUT2D eigenvalue weighted by atomic mass is 35.5. The number of carbonyl (C=O) groups excluding carboxylic acids is 1. The number of rotatable bonds is 5. The Balaban J connectivity index is 1.51. The van der Waals surface area contributed by atoms with Gasteiger partial charge in [-0.3, -0.25) is 4.79 Å². The number of carbonyl (C=O) groups is 1. The quantitative estimate of drug-likeness (QED) is 0.448. The Kier molecular flexibility index (Phi) is 5.51. The fraction of sp³-hybridized carbons (Fsp3) is 0.130. The zero-order chi connectivity index (χ0) is 20.4. The maximum atomic E-state index is 12.7. The number of aryl methyl sites for hydroxylation is 1. The summed E-state index contributed by atoms with van der Waals surface area (Å²) < 4.78 is 0. The van der Waals surface area contributed by atoms with Crippen molar-refractivity contribution < 1.29 is 4.79 Å². The van der Waals surface area contributed by atoms with Gasteiger partial charge >= 0.3 is 0 Å². The van der Waals surface area contributed by atoms with Gasteiger partial charge in [-0.1, -0.05) is 53.6 Å². The van der Waals surface area contributed by atoms with Crippen molar-refractivity contribution in [3.63, 3.8) is 0 Å². The van der Waals surface area contributed by atoms with E-state index in [9.17, 15) is 4.79 Å². The van der Waals surface area contributed by atoms with Gasteiger partial charge in [-0.05, 0) is 43.2 Å². The standard InChI is InChI=1S/C23H20ClN3OS/c1-14-5-7-16(8-6-14)19-10-9-18-20(25)21(29-23(18)27-19)22(28)26-12-11-15-3-2-4-17(24)13-15/h2-10,13H,11-12,25H2,1H3,(H,26,28). The fourth-order valence-corrected chi connectivity index (χ4v) is 4.37. The number of nitrogens with two attached hydrogens (primary N) is 1. The molecule has 2 aromatic heterocycles. The number of pyridine rings is 1. The van der Waals surface area contributed by atoms with Crippen LogP contribution in [0.5, 0.6) is 0 Å². The van der Waals surface area contributed by atoms with Crippen molar-refractivity contribution in [3.05, 3.63) is 81.7 Å². The zero-order valence-corrected chi connectivity index (χ0v) is 17.5. The molecule has 3 N–H and O–H groups in total. The Morgan fingerprint density at radius 3 is 2.69 bits per heavy atom. The smallest absolute Gasteiger partial charge is 0.263 e. The highest BCUT2D eigenvalue weighted by Crippen LogP contribution is 2.34. The lowest BCUT2D eigenvalue weighted by Gasteiger charge is -2.05. The van der Waals surface area contributed by atoms with Crippen LogP contribution in [0.3, 0.4) is 0 Å². The average molecular weight is 422 g/mol. The van der Waals surface area contributed by atoms with Gasteiger partial charge in [0.2, 0.25) is 0 Å². The first-order chi connectivity index (χ1) is 14.0. The SMILES string of the molecule is Cc1ccc(-c2ccc3c(N)c(C(=O)NCCc4cccc(Cl)c4)sc3n2)cc1. The molecule has 0 spiro atoms. The minimum absolute atomic E-state index is 0.176. The molecule has 2 heterocycles. The monoisotopic (exact) mass is 421 g/mol. The first-order valence-corrected chi connectivity index (χ1v) is 10.5. The second-order valence-corrected chi connectivity index (χ2v) is 8.33. The van der Waals surface area contributed by atoms with E-state index in [1.165, 1.54) is 16.9 Å². The molecule has 0 radical (unpaired) electrons. The molecule has 2 aromatic carbocycles. The highest BCUT2D eigenvalue weighted by Gasteiger charge is 2.17. The third kappa shape index (κ3) is 4.26. The number of nitrogens with zero attached hydrogens (tertiary/aromatic N) is 1. The van der Waals surface area contributed by atoms with Crippen LogP contribution in [0.1, 0.15) is 20.8 Å². The summed E-state index contributed by atoms with van der Waals surface area (Å²) in [4.78, 5) is 18.6. The third-order valence-electron chi connectivity index (χ3n) is 4.74. The lowest BCUT2D eigenvalue weighted by Crippen LogP contribution is -2.25. The van der Waals surface area contributed by atoms with E-state index in [0.29, 0.717) is 28.6 Å². The summed E-state index contributed by atoms with van der Waals surface area (Å²) in [6.07, 6.45) is 0.701. The van der Waals surface area contributed by atoms with Crippen LogP contribution in [0.25, 0.3) is 21.5 Å². The van der Waals surface area contributed by atoms with Crippen molar-refractivity contribution in [1.82, 2.24) is 10.3 Å². The molecule has 0 aliphatic carbocycles. The maximum Gasteiger partial charge on any atom is 0.263 e. The van der Waals surface area contributed by atoms with E-state index < -0.39 is 0 Å². The minimum Gasteiger partial charge on any atom is -0.397 e. The lowest BCUT2D eigenvalue weighted by molar-refractivity contribution is 0.0959. The topological polar surface area (TPSA) is 68.0 Å². The molecule has 0 unspecified atom stereocenters. The van der Waals surface area contributed by atoms with Crippen LogP contribution in [0.15, 0.2) is 60.7 Å². The highest BCUT2D eigenvalue weighted by molar-refractivity contribution is 7.21. The van der Waals surface area contributed by atoms with E-state index in [2.05, 4.69) is 24.4 Å². The summed E-state index contributed by atoms with van der Waals surface area (Å²) in [5.41, 5.74) is 10.9. The van der Waals surface area contributed by atoms with Gasteiger partial charge in [0.1, 0.15) is 9.71 Å². The number of aromatic nitrogens is 1. The Morgan fingerprint density at radius 1 is 1.14 bits per heavy atom. The predicted molar refractivity (Wildman–Crippen MR) is 122 cm³/mol. The average Bonchev–Trinajstić information content (AvgIpc) is 3.05. The Bertz CT molecular complexity index is 1180. The number of hydrogen-bond acceptors (Lipinski definition) is 4. The molecule has 0 saturated heterocycles. The summed E-state index contributed by atoms with van der Waals surface area (Å²) in [6.45, 7) is 2.56. The van der Waals surface area contributed by atoms with Crippen molar-refractivity contribution in [1.29, 1.82) is 0 Å². The number of amides is 1. The van der Waals surface area contributed by atoms with E-state index in [1.54, 1.807) is 0 Å². The van der Waals surface area contributed by atoms with Crippen molar-refractivity contribution >= 4 is 44.7 Å². The number of fused-ring (bicyclic) bond motifs is 1. The van der Waals surface area contributed by atoms with Gasteiger partial charge in [0.15, 0.2) is 0 Å². The third-order valence-corrected chi connectivity index (χ3v) is 6.08. The molecule has 0 atom stereocenters. The molecule has 146 valence electrons. The van der Waals surface area contributed by atoms with Gasteiger partial charge in [-0.15, -0.1) is 11.3 Å². The molecule has 4 rings (SSSR count). The number of benzene rings is 2. The normalized spacial score (nSPS) is 11.0. The van der Waals surface area contributed by atoms with Crippen LogP contribution < -0.4 is 11.1 Å². The maximum absolute atomic E-state index is 12.7. The van der Waals surface area contributed by atoms with Crippen LogP contribution in [0.2, 0.25) is 5.02 Å². The second kappa shape index (κ2) is 8.23. The van der Waals surface area contributed by atoms with Crippen LogP contribution in [0.4, 0.5) is 5.69 Å². The number of nitrogens with one attached hydrogen (secondary N) is 1. The Morgan fingerprint density at radius 2 is 1.93 bits per heavy atom. The number of nitrogen functional groups attached to an aromatic ring is 1. The van der Waals surface area contributed by atoms with Crippen molar-refractivity contribution in [2.75, 3.05) is 12.3 Å². The summed E-state index contributed by atoms with van der Waals surface area (Å²) in [7, 11) is 0. The molecule has 4 nitrogen and oxygen atoms in total. The Labute approximate surface area is 178 Å². The summed E-state index contributed by atoms with van der Waals surface area (Å²) in [5, 5.41) is 4.45. The van der Waals surface area contributed by atoms with Gasteiger partial charge in [0.05, 0.1) is 11.4 Å². The molecule has 4 aromatic rings. The zero-order valence-electron chi connectivity index (χ0n) is 15.9. The van der Waals surface area contributed by atoms with Crippen molar-refractivity contribution in [2.45, 2.75) is 13.3 Å². The molecule has 29 heavy (non-hydrogen) atoms. The van der Waals surface area contributed by atoms with E-state index in [4.69, 9.17) is 22.3 Å². The molecule has 0 saturated carbocycles. The number of anilines is 1. The molecule has 6 heteroatoms. The molecular weight excluding hydrogens is 402 g/mol. The predicted octanol–water partition coefficient (Wildman–Crippen LogP) is 5.48. The second-order valence-electron chi connectivity index (χ2n) is 6.90. The molecule has 0 fully saturated rings. The van der Waals surface area contributed by atoms with Gasteiger partial charge in [0, 0.05) is 22.5 Å². The van der Waals surface area contributed by atoms with Gasteiger partial charge in [-0.25, -0.2) is 4.98 Å². The number of hydrogen-bond donors (Lipinski definition) is 2. The molecule has 0 aliphatic heterocycles. The lowest BCUT2D eigenvalue weighted by atomic mass is 10.1. The van der Waals surface area contributed by atoms with Gasteiger partial charge in [0.25, 0.3) is 5.91 Å². The number of thiophene rings is 1. The van der Waals surface area contributed by atoms with Crippen LogP contribution >= 0.6 is 22.9 Å². The fourth-order valence-electron chi connectivity index (χ4n) is 3.14. The molecule has 0 aliphatic rings. The van der Waals surface area contributed by atoms with E-state index in [-0.39, 0.29) is 5.91 Å². The molecule has 0 bridgehead atoms. The summed E-state index contributed by atoms with van der Waals surface area (Å²) in [6, 6.07) is 19.7. The van der Waals surface area contributed by atoms with E-state index in [0.717, 1.165) is 27.0 Å². The van der Waals surface area contributed by atoms with Crippen molar-refractivity contribution in [2.24, 2.45) is 0 Å². The van der Waals surface area contributed by atoms with Crippen LogP contribution in [0, 0.1) is 6.92 Å². The Hall–Kier alpha value is -2.89. The first-order valence-electron chi connectivity index (χ1n) is 9.30. The van der Waals surface area contributed by atoms with Gasteiger partial charge in [-0.2, -0.15) is 0 Å². The van der Waals surface area contributed by atoms with Gasteiger partial charge < -0.3 is 11.1 Å². The first kappa shape index (κ1) is 19.4. The molecule has 1 amide bonds. The summed E-state index contributed by atoms with van der Waals surface area (Å²) >= 11 is 7.33. The largest absolute Gasteiger partial charge is 0.397 e. The minimum atomic E-state index is -0.176. The van der Waals surface area contributed by atoms with E-state index in [1.807, 2.05) is 48.5 Å². The number of halogens is 1. The van der Waals surface area contributed by atoms with Crippen LogP contribution in [-0.2, 0) is 6.42 Å².